The molecular formula is C28H30N4O3S. The predicted octanol–water partition coefficient (Wildman–Crippen LogP) is 4.69. The lowest BCUT2D eigenvalue weighted by Crippen LogP contribution is -2.30. The molecule has 0 aliphatic rings. The molecule has 8 heteroatoms. The number of rotatable bonds is 8. The number of aromatic nitrogens is 2. The lowest BCUT2D eigenvalue weighted by atomic mass is 10.1. The van der Waals surface area contributed by atoms with Crippen LogP contribution in [-0.2, 0) is 23.1 Å². The maximum Gasteiger partial charge on any atom is 0.251 e. The third-order valence-electron chi connectivity index (χ3n) is 6.09. The molecule has 1 N–H and O–H groups in total. The van der Waals surface area contributed by atoms with Crippen molar-refractivity contribution in [1.29, 1.82) is 0 Å². The van der Waals surface area contributed by atoms with Crippen molar-refractivity contribution in [1.82, 2.24) is 14.9 Å². The van der Waals surface area contributed by atoms with Crippen LogP contribution in [0.3, 0.4) is 0 Å². The summed E-state index contributed by atoms with van der Waals surface area (Å²) in [7, 11) is -3.50. The summed E-state index contributed by atoms with van der Waals surface area (Å²) >= 11 is 0. The third-order valence-corrected chi connectivity index (χ3v) is 7.22. The van der Waals surface area contributed by atoms with Gasteiger partial charge >= 0.3 is 0 Å². The van der Waals surface area contributed by atoms with E-state index >= 15 is 0 Å². The van der Waals surface area contributed by atoms with Gasteiger partial charge in [-0.3, -0.25) is 9.10 Å². The molecule has 4 rings (SSSR count). The molecule has 1 aromatic heterocycles. The first-order valence-electron chi connectivity index (χ1n) is 11.6. The summed E-state index contributed by atoms with van der Waals surface area (Å²) in [5.74, 6) is 0.668. The van der Waals surface area contributed by atoms with Crippen LogP contribution in [0.25, 0.3) is 5.69 Å². The van der Waals surface area contributed by atoms with Gasteiger partial charge in [0.25, 0.3) is 5.91 Å². The maximum absolute atomic E-state index is 12.8. The van der Waals surface area contributed by atoms with E-state index in [4.69, 9.17) is 0 Å². The van der Waals surface area contributed by atoms with Crippen LogP contribution in [0.5, 0.6) is 0 Å². The van der Waals surface area contributed by atoms with E-state index in [-0.39, 0.29) is 12.5 Å². The number of anilines is 1. The van der Waals surface area contributed by atoms with Crippen molar-refractivity contribution >= 4 is 21.6 Å². The summed E-state index contributed by atoms with van der Waals surface area (Å²) in [6.07, 6.45) is 4.85. The molecule has 1 heterocycles. The minimum absolute atomic E-state index is 0.183. The summed E-state index contributed by atoms with van der Waals surface area (Å²) in [5.41, 5.74) is 5.77. The monoisotopic (exact) mass is 502 g/mol. The summed E-state index contributed by atoms with van der Waals surface area (Å²) in [6, 6.07) is 20.7. The van der Waals surface area contributed by atoms with E-state index in [1.165, 1.54) is 10.6 Å². The number of amides is 1. The highest BCUT2D eigenvalue weighted by Gasteiger charge is 2.20. The van der Waals surface area contributed by atoms with Gasteiger partial charge in [-0.15, -0.1) is 0 Å². The number of hydrogen-bond acceptors (Lipinski definition) is 4. The number of benzene rings is 3. The SMILES string of the molecule is Cc1ccc(C)c(N(Cc2ccc(C(=O)NCc3ccccc3-n3ccnc3C)cc2)S(C)(=O)=O)c1. The Morgan fingerprint density at radius 3 is 2.39 bits per heavy atom. The summed E-state index contributed by atoms with van der Waals surface area (Å²) in [5, 5.41) is 2.98. The van der Waals surface area contributed by atoms with E-state index in [1.54, 1.807) is 30.5 Å². The van der Waals surface area contributed by atoms with Gasteiger partial charge in [0.15, 0.2) is 0 Å². The first kappa shape index (κ1) is 25.2. The van der Waals surface area contributed by atoms with Crippen molar-refractivity contribution in [2.45, 2.75) is 33.9 Å². The number of carbonyl (C=O) groups excluding carboxylic acids is 1. The Morgan fingerprint density at radius 1 is 1.00 bits per heavy atom. The molecule has 0 radical (unpaired) electrons. The van der Waals surface area contributed by atoms with E-state index in [9.17, 15) is 13.2 Å². The van der Waals surface area contributed by atoms with Crippen molar-refractivity contribution in [3.05, 3.63) is 113 Å². The van der Waals surface area contributed by atoms with Crippen LogP contribution in [0.1, 0.15) is 38.4 Å². The predicted molar refractivity (Wildman–Crippen MR) is 143 cm³/mol. The van der Waals surface area contributed by atoms with Crippen LogP contribution in [-0.4, -0.2) is 30.1 Å². The Bertz CT molecular complexity index is 1490. The van der Waals surface area contributed by atoms with E-state index in [1.807, 2.05) is 74.0 Å². The van der Waals surface area contributed by atoms with Gasteiger partial charge < -0.3 is 9.88 Å². The zero-order chi connectivity index (χ0) is 25.9. The average Bonchev–Trinajstić information content (AvgIpc) is 3.28. The van der Waals surface area contributed by atoms with E-state index in [2.05, 4.69) is 10.3 Å². The molecule has 1 amide bonds. The largest absolute Gasteiger partial charge is 0.348 e. The lowest BCUT2D eigenvalue weighted by molar-refractivity contribution is 0.0951. The minimum atomic E-state index is -3.50. The fraction of sp³-hybridized carbons (Fsp3) is 0.214. The van der Waals surface area contributed by atoms with Gasteiger partial charge in [-0.25, -0.2) is 13.4 Å². The molecule has 0 fully saturated rings. The number of hydrogen-bond donors (Lipinski definition) is 1. The van der Waals surface area contributed by atoms with Gasteiger partial charge in [-0.2, -0.15) is 0 Å². The van der Waals surface area contributed by atoms with Gasteiger partial charge in [0.1, 0.15) is 5.82 Å². The molecule has 36 heavy (non-hydrogen) atoms. The second-order valence-corrected chi connectivity index (χ2v) is 10.8. The molecule has 186 valence electrons. The van der Waals surface area contributed by atoms with Gasteiger partial charge in [0.2, 0.25) is 10.0 Å². The van der Waals surface area contributed by atoms with Gasteiger partial charge in [0, 0.05) is 24.5 Å². The Labute approximate surface area is 212 Å². The summed E-state index contributed by atoms with van der Waals surface area (Å²) in [6.45, 7) is 6.31. The topological polar surface area (TPSA) is 84.3 Å². The maximum atomic E-state index is 12.8. The highest BCUT2D eigenvalue weighted by molar-refractivity contribution is 7.92. The smallest absolute Gasteiger partial charge is 0.251 e. The van der Waals surface area contributed by atoms with E-state index < -0.39 is 10.0 Å². The normalized spacial score (nSPS) is 11.3. The molecule has 0 aliphatic heterocycles. The zero-order valence-electron chi connectivity index (χ0n) is 20.9. The Hall–Kier alpha value is -3.91. The van der Waals surface area contributed by atoms with Crippen molar-refractivity contribution in [2.24, 2.45) is 0 Å². The molecule has 3 aromatic carbocycles. The molecule has 0 aliphatic carbocycles. The first-order chi connectivity index (χ1) is 17.1. The van der Waals surface area contributed by atoms with Crippen molar-refractivity contribution in [3.63, 3.8) is 0 Å². The quantitative estimate of drug-likeness (QED) is 0.379. The van der Waals surface area contributed by atoms with Crippen LogP contribution in [0, 0.1) is 20.8 Å². The summed E-state index contributed by atoms with van der Waals surface area (Å²) in [4.78, 5) is 17.1. The molecule has 0 bridgehead atoms. The number of nitrogens with one attached hydrogen (secondary N) is 1. The van der Waals surface area contributed by atoms with Crippen LogP contribution in [0.4, 0.5) is 5.69 Å². The highest BCUT2D eigenvalue weighted by atomic mass is 32.2. The van der Waals surface area contributed by atoms with Crippen LogP contribution in [0.2, 0.25) is 0 Å². The van der Waals surface area contributed by atoms with Crippen molar-refractivity contribution < 1.29 is 13.2 Å². The molecular weight excluding hydrogens is 472 g/mol. The number of para-hydroxylation sites is 1. The number of nitrogens with zero attached hydrogens (tertiary/aromatic N) is 3. The highest BCUT2D eigenvalue weighted by Crippen LogP contribution is 2.26. The van der Waals surface area contributed by atoms with Gasteiger partial charge in [-0.1, -0.05) is 42.5 Å². The Morgan fingerprint density at radius 2 is 1.72 bits per heavy atom. The number of sulfonamides is 1. The van der Waals surface area contributed by atoms with Crippen LogP contribution in [0.15, 0.2) is 79.1 Å². The molecule has 0 spiro atoms. The number of aryl methyl sites for hydroxylation is 3. The Balaban J connectivity index is 1.48. The van der Waals surface area contributed by atoms with E-state index in [0.717, 1.165) is 33.8 Å². The summed E-state index contributed by atoms with van der Waals surface area (Å²) < 4.78 is 28.6. The molecule has 0 saturated heterocycles. The fourth-order valence-electron chi connectivity index (χ4n) is 4.10. The zero-order valence-corrected chi connectivity index (χ0v) is 21.7. The molecule has 4 aromatic rings. The number of imidazole rings is 1. The van der Waals surface area contributed by atoms with Crippen molar-refractivity contribution in [2.75, 3.05) is 10.6 Å². The number of carbonyl (C=O) groups is 1. The third kappa shape index (κ3) is 5.66. The Kier molecular flexibility index (Phi) is 7.26. The molecule has 0 unspecified atom stereocenters. The van der Waals surface area contributed by atoms with Crippen LogP contribution >= 0.6 is 0 Å². The molecule has 0 atom stereocenters. The first-order valence-corrected chi connectivity index (χ1v) is 13.5. The van der Waals surface area contributed by atoms with Gasteiger partial charge in [-0.05, 0) is 67.3 Å². The lowest BCUT2D eigenvalue weighted by Gasteiger charge is -2.25. The molecule has 0 saturated carbocycles. The fourth-order valence-corrected chi connectivity index (χ4v) is 5.04. The second kappa shape index (κ2) is 10.4. The molecule has 7 nitrogen and oxygen atoms in total. The van der Waals surface area contributed by atoms with Crippen molar-refractivity contribution in [3.8, 4) is 5.69 Å². The average molecular weight is 503 g/mol. The van der Waals surface area contributed by atoms with Gasteiger partial charge in [0.05, 0.1) is 24.2 Å². The van der Waals surface area contributed by atoms with Crippen LogP contribution < -0.4 is 9.62 Å². The second-order valence-electron chi connectivity index (χ2n) is 8.91. The standard InChI is InChI=1S/C28H30N4O3S/c1-20-9-10-21(2)27(17-20)32(36(4,34)35)19-23-11-13-24(14-12-23)28(33)30-18-25-7-5-6-8-26(25)31-16-15-29-22(31)3/h5-17H,18-19H2,1-4H3,(H,30,33). The minimum Gasteiger partial charge on any atom is -0.348 e. The van der Waals surface area contributed by atoms with E-state index in [0.29, 0.717) is 17.8 Å².